The van der Waals surface area contributed by atoms with Crippen LogP contribution in [0.2, 0.25) is 0 Å². The molecule has 0 saturated heterocycles. The average Bonchev–Trinajstić information content (AvgIpc) is 2.90. The van der Waals surface area contributed by atoms with Crippen LogP contribution < -0.4 is 4.83 Å². The first kappa shape index (κ1) is 17.4. The highest BCUT2D eigenvalue weighted by Crippen LogP contribution is 2.65. The van der Waals surface area contributed by atoms with E-state index in [2.05, 4.69) is 9.93 Å². The van der Waals surface area contributed by atoms with Crippen molar-refractivity contribution < 1.29 is 13.2 Å². The van der Waals surface area contributed by atoms with Crippen LogP contribution in [0.4, 0.5) is 0 Å². The van der Waals surface area contributed by atoms with Crippen LogP contribution in [0.25, 0.3) is 0 Å². The van der Waals surface area contributed by atoms with Crippen molar-refractivity contribution in [2.24, 2.45) is 21.8 Å². The standard InChI is InChI=1S/C17H21ClN2O3S/c1-11-4-6-13(7-5-11)24(22,23)20-19-14-10-12-8-9-17(14,15(18)21)16(12,2)3/h4-7,12,20H,8-10H2,1-3H3/b19-14+. The Morgan fingerprint density at radius 1 is 1.29 bits per heavy atom. The molecule has 2 saturated carbocycles. The van der Waals surface area contributed by atoms with Crippen LogP contribution in [0.5, 0.6) is 0 Å². The smallest absolute Gasteiger partial charge is 0.276 e. The van der Waals surface area contributed by atoms with Gasteiger partial charge in [-0.05, 0) is 61.3 Å². The zero-order valence-electron chi connectivity index (χ0n) is 14.0. The number of rotatable bonds is 4. The maximum absolute atomic E-state index is 12.4. The van der Waals surface area contributed by atoms with E-state index in [-0.39, 0.29) is 10.3 Å². The summed E-state index contributed by atoms with van der Waals surface area (Å²) in [6.07, 6.45) is 2.13. The first-order chi connectivity index (χ1) is 11.1. The van der Waals surface area contributed by atoms with Crippen LogP contribution in [-0.4, -0.2) is 19.4 Å². The predicted octanol–water partition coefficient (Wildman–Crippen LogP) is 3.22. The van der Waals surface area contributed by atoms with Crippen LogP contribution in [-0.2, 0) is 14.8 Å². The van der Waals surface area contributed by atoms with Crippen molar-refractivity contribution in [3.8, 4) is 0 Å². The number of nitrogens with one attached hydrogen (secondary N) is 1. The van der Waals surface area contributed by atoms with Crippen molar-refractivity contribution in [3.05, 3.63) is 29.8 Å². The third kappa shape index (κ3) is 2.39. The first-order valence-electron chi connectivity index (χ1n) is 7.97. The summed E-state index contributed by atoms with van der Waals surface area (Å²) in [4.78, 5) is 14.6. The predicted molar refractivity (Wildman–Crippen MR) is 93.4 cm³/mol. The van der Waals surface area contributed by atoms with Gasteiger partial charge < -0.3 is 0 Å². The van der Waals surface area contributed by atoms with E-state index in [0.29, 0.717) is 24.5 Å². The minimum Gasteiger partial charge on any atom is -0.280 e. The number of fused-ring (bicyclic) bond motifs is 2. The number of carbonyl (C=O) groups excluding carboxylic acids is 1. The van der Waals surface area contributed by atoms with E-state index in [4.69, 9.17) is 11.6 Å². The fraction of sp³-hybridized carbons (Fsp3) is 0.529. The molecule has 24 heavy (non-hydrogen) atoms. The third-order valence-electron chi connectivity index (χ3n) is 5.89. The number of benzene rings is 1. The van der Waals surface area contributed by atoms with E-state index < -0.39 is 20.7 Å². The highest BCUT2D eigenvalue weighted by atomic mass is 35.5. The van der Waals surface area contributed by atoms with Gasteiger partial charge in [0.15, 0.2) is 0 Å². The van der Waals surface area contributed by atoms with Gasteiger partial charge in [0.2, 0.25) is 5.24 Å². The maximum Gasteiger partial charge on any atom is 0.276 e. The lowest BCUT2D eigenvalue weighted by Crippen LogP contribution is -2.42. The Bertz CT molecular complexity index is 815. The van der Waals surface area contributed by atoms with Gasteiger partial charge in [-0.3, -0.25) is 4.79 Å². The van der Waals surface area contributed by atoms with Crippen LogP contribution in [0.1, 0.15) is 38.7 Å². The molecular formula is C17H21ClN2O3S. The number of nitrogens with zero attached hydrogens (tertiary/aromatic N) is 1. The molecule has 2 atom stereocenters. The molecule has 5 nitrogen and oxygen atoms in total. The van der Waals surface area contributed by atoms with Crippen LogP contribution in [0.15, 0.2) is 34.3 Å². The lowest BCUT2D eigenvalue weighted by molar-refractivity contribution is -0.120. The van der Waals surface area contributed by atoms with Crippen molar-refractivity contribution in [1.82, 2.24) is 4.83 Å². The second-order valence-electron chi connectivity index (χ2n) is 7.31. The minimum atomic E-state index is -3.76. The number of hydrogen-bond donors (Lipinski definition) is 1. The third-order valence-corrected chi connectivity index (χ3v) is 7.44. The Hall–Kier alpha value is -1.40. The molecule has 1 N–H and O–H groups in total. The van der Waals surface area contributed by atoms with Crippen molar-refractivity contribution in [1.29, 1.82) is 0 Å². The van der Waals surface area contributed by atoms with Crippen LogP contribution in [0, 0.1) is 23.7 Å². The number of aryl methyl sites for hydroxylation is 1. The molecule has 2 aliphatic rings. The lowest BCUT2D eigenvalue weighted by Gasteiger charge is -2.34. The summed E-state index contributed by atoms with van der Waals surface area (Å²) in [5.41, 5.74) is 0.357. The molecule has 0 amide bonds. The molecule has 3 rings (SSSR count). The SMILES string of the molecule is Cc1ccc(S(=O)(=O)N/N=C2\CC3CCC2(C(=O)Cl)C3(C)C)cc1. The molecule has 0 radical (unpaired) electrons. The number of sulfonamides is 1. The summed E-state index contributed by atoms with van der Waals surface area (Å²) in [6, 6.07) is 6.52. The summed E-state index contributed by atoms with van der Waals surface area (Å²) < 4.78 is 24.8. The lowest BCUT2D eigenvalue weighted by atomic mass is 9.69. The van der Waals surface area contributed by atoms with Crippen molar-refractivity contribution in [2.75, 3.05) is 0 Å². The summed E-state index contributed by atoms with van der Waals surface area (Å²) >= 11 is 5.93. The van der Waals surface area contributed by atoms with Crippen LogP contribution >= 0.6 is 11.6 Å². The molecule has 2 bridgehead atoms. The number of halogens is 1. The highest BCUT2D eigenvalue weighted by Gasteiger charge is 2.66. The largest absolute Gasteiger partial charge is 0.280 e. The maximum atomic E-state index is 12.4. The van der Waals surface area contributed by atoms with E-state index in [1.165, 1.54) is 12.1 Å². The van der Waals surface area contributed by atoms with Gasteiger partial charge in [-0.15, -0.1) is 0 Å². The zero-order valence-corrected chi connectivity index (χ0v) is 15.5. The fourth-order valence-electron chi connectivity index (χ4n) is 4.19. The number of carbonyl (C=O) groups is 1. The van der Waals surface area contributed by atoms with E-state index in [0.717, 1.165) is 12.0 Å². The molecule has 2 aliphatic carbocycles. The molecule has 0 aliphatic heterocycles. The Labute approximate surface area is 147 Å². The van der Waals surface area contributed by atoms with Gasteiger partial charge in [-0.1, -0.05) is 31.5 Å². The second-order valence-corrected chi connectivity index (χ2v) is 9.31. The van der Waals surface area contributed by atoms with Crippen molar-refractivity contribution >= 4 is 32.6 Å². The molecule has 130 valence electrons. The highest BCUT2D eigenvalue weighted by molar-refractivity contribution is 7.89. The van der Waals surface area contributed by atoms with Crippen molar-refractivity contribution in [3.63, 3.8) is 0 Å². The summed E-state index contributed by atoms with van der Waals surface area (Å²) in [6.45, 7) is 5.92. The fourth-order valence-corrected chi connectivity index (χ4v) is 5.47. The molecule has 7 heteroatoms. The zero-order chi connectivity index (χ0) is 17.8. The molecule has 1 aromatic carbocycles. The molecular weight excluding hydrogens is 348 g/mol. The van der Waals surface area contributed by atoms with E-state index >= 15 is 0 Å². The monoisotopic (exact) mass is 368 g/mol. The summed E-state index contributed by atoms with van der Waals surface area (Å²) in [5, 5.41) is 3.70. The number of hydrogen-bond acceptors (Lipinski definition) is 4. The van der Waals surface area contributed by atoms with E-state index in [9.17, 15) is 13.2 Å². The summed E-state index contributed by atoms with van der Waals surface area (Å²) in [7, 11) is -3.76. The molecule has 0 spiro atoms. The van der Waals surface area contributed by atoms with Gasteiger partial charge in [-0.2, -0.15) is 13.5 Å². The van der Waals surface area contributed by atoms with Gasteiger partial charge >= 0.3 is 0 Å². The topological polar surface area (TPSA) is 75.6 Å². The van der Waals surface area contributed by atoms with Gasteiger partial charge in [0.25, 0.3) is 10.0 Å². The Kier molecular flexibility index (Phi) is 4.04. The first-order valence-corrected chi connectivity index (χ1v) is 9.83. The normalized spacial score (nSPS) is 29.8. The Morgan fingerprint density at radius 2 is 1.92 bits per heavy atom. The number of hydrazone groups is 1. The van der Waals surface area contributed by atoms with Crippen LogP contribution in [0.3, 0.4) is 0 Å². The molecule has 0 heterocycles. The van der Waals surface area contributed by atoms with E-state index in [1.54, 1.807) is 12.1 Å². The molecule has 2 unspecified atom stereocenters. The van der Waals surface area contributed by atoms with Crippen molar-refractivity contribution in [2.45, 2.75) is 44.9 Å². The van der Waals surface area contributed by atoms with Gasteiger partial charge in [0, 0.05) is 0 Å². The summed E-state index contributed by atoms with van der Waals surface area (Å²) in [5.74, 6) is 0.294. The molecule has 0 aromatic heterocycles. The van der Waals surface area contributed by atoms with E-state index in [1.807, 2.05) is 20.8 Å². The Morgan fingerprint density at radius 3 is 2.46 bits per heavy atom. The molecule has 2 fully saturated rings. The van der Waals surface area contributed by atoms with Gasteiger partial charge in [0.05, 0.1) is 16.0 Å². The Balaban J connectivity index is 1.92. The second kappa shape index (κ2) is 5.56. The minimum absolute atomic E-state index is 0.145. The molecule has 1 aromatic rings. The van der Waals surface area contributed by atoms with Gasteiger partial charge in [-0.25, -0.2) is 4.83 Å². The van der Waals surface area contributed by atoms with Gasteiger partial charge in [0.1, 0.15) is 0 Å². The average molecular weight is 369 g/mol. The quantitative estimate of drug-likeness (QED) is 0.654.